The molecule has 2 heterocycles. The number of amides is 1. The van der Waals surface area contributed by atoms with Crippen LogP contribution in [0.3, 0.4) is 0 Å². The summed E-state index contributed by atoms with van der Waals surface area (Å²) in [5.41, 5.74) is 0. The highest BCUT2D eigenvalue weighted by molar-refractivity contribution is 9.13. The quantitative estimate of drug-likeness (QED) is 0.808. The molecule has 0 bridgehead atoms. The zero-order chi connectivity index (χ0) is 14.7. The summed E-state index contributed by atoms with van der Waals surface area (Å²) in [5.74, 6) is -0.811. The summed E-state index contributed by atoms with van der Waals surface area (Å²) in [4.78, 5) is 27.5. The number of nitrogens with zero attached hydrogens (tertiary/aromatic N) is 2. The van der Waals surface area contributed by atoms with E-state index in [1.165, 1.54) is 11.3 Å². The Kier molecular flexibility index (Phi) is 5.59. The van der Waals surface area contributed by atoms with Gasteiger partial charge in [-0.25, -0.2) is 0 Å². The van der Waals surface area contributed by atoms with Crippen molar-refractivity contribution in [2.45, 2.75) is 6.42 Å². The van der Waals surface area contributed by atoms with Gasteiger partial charge in [0.1, 0.15) is 0 Å². The second-order valence-electron chi connectivity index (χ2n) is 4.55. The Labute approximate surface area is 137 Å². The molecule has 0 spiro atoms. The lowest BCUT2D eigenvalue weighted by molar-refractivity contribution is -0.138. The van der Waals surface area contributed by atoms with E-state index in [1.54, 1.807) is 4.90 Å². The lowest BCUT2D eigenvalue weighted by Crippen LogP contribution is -2.36. The largest absolute Gasteiger partial charge is 0.480 e. The fraction of sp³-hybridized carbons (Fsp3) is 0.500. The predicted octanol–water partition coefficient (Wildman–Crippen LogP) is 2.51. The number of hydrogen-bond donors (Lipinski definition) is 1. The van der Waals surface area contributed by atoms with Crippen molar-refractivity contribution in [1.29, 1.82) is 0 Å². The third-order valence-electron chi connectivity index (χ3n) is 3.09. The number of carboxylic acid groups (broad SMARTS) is 1. The van der Waals surface area contributed by atoms with E-state index >= 15 is 0 Å². The second-order valence-corrected chi connectivity index (χ2v) is 7.77. The van der Waals surface area contributed by atoms with Crippen LogP contribution in [0, 0.1) is 0 Å². The van der Waals surface area contributed by atoms with E-state index in [1.807, 2.05) is 11.0 Å². The molecule has 1 amide bonds. The molecular weight excluding hydrogens is 412 g/mol. The van der Waals surface area contributed by atoms with Gasteiger partial charge in [-0.05, 0) is 44.3 Å². The number of carbonyl (C=O) groups is 2. The van der Waals surface area contributed by atoms with Crippen LogP contribution in [-0.4, -0.2) is 59.5 Å². The second kappa shape index (κ2) is 7.02. The fourth-order valence-electron chi connectivity index (χ4n) is 2.13. The predicted molar refractivity (Wildman–Crippen MR) is 84.3 cm³/mol. The van der Waals surface area contributed by atoms with Crippen molar-refractivity contribution < 1.29 is 14.7 Å². The molecule has 1 aliphatic heterocycles. The normalized spacial score (nSPS) is 17.0. The van der Waals surface area contributed by atoms with E-state index < -0.39 is 5.97 Å². The first-order chi connectivity index (χ1) is 9.47. The first kappa shape index (κ1) is 15.9. The average Bonchev–Trinajstić information content (AvgIpc) is 2.60. The van der Waals surface area contributed by atoms with Gasteiger partial charge >= 0.3 is 5.97 Å². The van der Waals surface area contributed by atoms with Crippen molar-refractivity contribution in [3.63, 3.8) is 0 Å². The SMILES string of the molecule is O=C(O)CN1CCCN(C(=O)c2cc(Br)c(Br)s2)CC1. The lowest BCUT2D eigenvalue weighted by atomic mass is 10.3. The number of halogens is 2. The minimum absolute atomic E-state index is 0.0126. The molecule has 1 saturated heterocycles. The van der Waals surface area contributed by atoms with E-state index in [4.69, 9.17) is 5.11 Å². The van der Waals surface area contributed by atoms with Crippen molar-refractivity contribution in [3.05, 3.63) is 19.2 Å². The molecule has 0 aliphatic carbocycles. The number of carbonyl (C=O) groups excluding carboxylic acids is 1. The number of rotatable bonds is 3. The van der Waals surface area contributed by atoms with Gasteiger partial charge in [0, 0.05) is 30.7 Å². The van der Waals surface area contributed by atoms with E-state index in [9.17, 15) is 9.59 Å². The third-order valence-corrected chi connectivity index (χ3v) is 6.33. The summed E-state index contributed by atoms with van der Waals surface area (Å²) in [5, 5.41) is 8.81. The topological polar surface area (TPSA) is 60.9 Å². The highest BCUT2D eigenvalue weighted by Crippen LogP contribution is 2.33. The minimum atomic E-state index is -0.823. The molecule has 1 aromatic heterocycles. The monoisotopic (exact) mass is 424 g/mol. The van der Waals surface area contributed by atoms with Crippen LogP contribution < -0.4 is 0 Å². The van der Waals surface area contributed by atoms with Crippen LogP contribution in [0.4, 0.5) is 0 Å². The minimum Gasteiger partial charge on any atom is -0.480 e. The Hall–Kier alpha value is -0.440. The Balaban J connectivity index is 1.99. The van der Waals surface area contributed by atoms with Crippen LogP contribution in [0.25, 0.3) is 0 Å². The molecule has 1 aliphatic rings. The zero-order valence-electron chi connectivity index (χ0n) is 10.6. The van der Waals surface area contributed by atoms with Crippen molar-refractivity contribution in [2.75, 3.05) is 32.7 Å². The number of thiophene rings is 1. The summed E-state index contributed by atoms with van der Waals surface area (Å²) in [6, 6.07) is 1.82. The van der Waals surface area contributed by atoms with Crippen LogP contribution in [0.2, 0.25) is 0 Å². The zero-order valence-corrected chi connectivity index (χ0v) is 14.6. The van der Waals surface area contributed by atoms with Crippen molar-refractivity contribution in [3.8, 4) is 0 Å². The van der Waals surface area contributed by atoms with E-state index in [2.05, 4.69) is 31.9 Å². The molecule has 0 atom stereocenters. The molecule has 0 radical (unpaired) electrons. The Morgan fingerprint density at radius 2 is 2.00 bits per heavy atom. The van der Waals surface area contributed by atoms with Crippen LogP contribution in [-0.2, 0) is 4.79 Å². The van der Waals surface area contributed by atoms with Crippen LogP contribution >= 0.6 is 43.2 Å². The number of aliphatic carboxylic acids is 1. The Morgan fingerprint density at radius 1 is 1.25 bits per heavy atom. The molecule has 0 unspecified atom stereocenters. The van der Waals surface area contributed by atoms with Gasteiger partial charge in [0.2, 0.25) is 0 Å². The van der Waals surface area contributed by atoms with Gasteiger partial charge in [-0.15, -0.1) is 11.3 Å². The summed E-state index contributed by atoms with van der Waals surface area (Å²) in [7, 11) is 0. The smallest absolute Gasteiger partial charge is 0.317 e. The number of hydrogen-bond acceptors (Lipinski definition) is 4. The molecule has 0 aromatic carbocycles. The van der Waals surface area contributed by atoms with E-state index in [0.717, 1.165) is 14.7 Å². The Bertz CT molecular complexity index is 501. The molecule has 5 nitrogen and oxygen atoms in total. The van der Waals surface area contributed by atoms with Crippen LogP contribution in [0.5, 0.6) is 0 Å². The maximum atomic E-state index is 12.4. The van der Waals surface area contributed by atoms with Crippen LogP contribution in [0.1, 0.15) is 16.1 Å². The molecule has 2 rings (SSSR count). The van der Waals surface area contributed by atoms with Crippen molar-refractivity contribution in [2.24, 2.45) is 0 Å². The molecular formula is C12H14Br2N2O3S. The van der Waals surface area contributed by atoms with Gasteiger partial charge in [0.25, 0.3) is 5.91 Å². The summed E-state index contributed by atoms with van der Waals surface area (Å²) >= 11 is 8.17. The lowest BCUT2D eigenvalue weighted by Gasteiger charge is -2.20. The molecule has 20 heavy (non-hydrogen) atoms. The van der Waals surface area contributed by atoms with Crippen LogP contribution in [0.15, 0.2) is 14.3 Å². The first-order valence-corrected chi connectivity index (χ1v) is 8.56. The van der Waals surface area contributed by atoms with Crippen molar-refractivity contribution in [1.82, 2.24) is 9.80 Å². The van der Waals surface area contributed by atoms with E-state index in [-0.39, 0.29) is 12.5 Å². The molecule has 1 fully saturated rings. The van der Waals surface area contributed by atoms with Crippen molar-refractivity contribution >= 4 is 55.1 Å². The molecule has 1 N–H and O–H groups in total. The van der Waals surface area contributed by atoms with Gasteiger partial charge in [0.05, 0.1) is 15.2 Å². The van der Waals surface area contributed by atoms with Gasteiger partial charge < -0.3 is 10.0 Å². The first-order valence-electron chi connectivity index (χ1n) is 6.15. The van der Waals surface area contributed by atoms with Gasteiger partial charge in [0.15, 0.2) is 0 Å². The maximum absolute atomic E-state index is 12.4. The standard InChI is InChI=1S/C12H14Br2N2O3S/c13-8-6-9(20-11(8)14)12(19)16-3-1-2-15(4-5-16)7-10(17)18/h6H,1-5,7H2,(H,17,18). The highest BCUT2D eigenvalue weighted by Gasteiger charge is 2.23. The van der Waals surface area contributed by atoms with Gasteiger partial charge in [-0.2, -0.15) is 0 Å². The molecule has 8 heteroatoms. The molecule has 0 saturated carbocycles. The summed E-state index contributed by atoms with van der Waals surface area (Å²) < 4.78 is 1.79. The van der Waals surface area contributed by atoms with E-state index in [0.29, 0.717) is 31.1 Å². The Morgan fingerprint density at radius 3 is 2.60 bits per heavy atom. The summed E-state index contributed by atoms with van der Waals surface area (Å²) in [6.07, 6.45) is 0.798. The third kappa shape index (κ3) is 4.03. The number of carboxylic acids is 1. The average molecular weight is 426 g/mol. The molecule has 1 aromatic rings. The van der Waals surface area contributed by atoms with Gasteiger partial charge in [-0.1, -0.05) is 0 Å². The molecule has 110 valence electrons. The highest BCUT2D eigenvalue weighted by atomic mass is 79.9. The summed E-state index contributed by atoms with van der Waals surface area (Å²) in [6.45, 7) is 2.60. The maximum Gasteiger partial charge on any atom is 0.317 e. The fourth-order valence-corrected chi connectivity index (χ4v) is 4.13. The van der Waals surface area contributed by atoms with Gasteiger partial charge in [-0.3, -0.25) is 14.5 Å².